The average Bonchev–Trinajstić information content (AvgIpc) is 2.32. The molecule has 2 aromatic rings. The molecule has 2 heteroatoms. The second kappa shape index (κ2) is 5.02. The largest absolute Gasteiger partial charge is 0.381 e. The fourth-order valence-corrected chi connectivity index (χ4v) is 2.55. The molecule has 0 aliphatic carbocycles. The highest BCUT2D eigenvalue weighted by atomic mass is 127. The van der Waals surface area contributed by atoms with Crippen molar-refractivity contribution in [3.63, 3.8) is 0 Å². The minimum atomic E-state index is -0.944. The van der Waals surface area contributed by atoms with Crippen molar-refractivity contribution in [2.45, 2.75) is 26.4 Å². The molecule has 18 heavy (non-hydrogen) atoms. The molecule has 1 nitrogen and oxygen atoms in total. The zero-order chi connectivity index (χ0) is 13.3. The van der Waals surface area contributed by atoms with E-state index in [0.29, 0.717) is 0 Å². The van der Waals surface area contributed by atoms with Crippen LogP contribution in [-0.4, -0.2) is 5.11 Å². The topological polar surface area (TPSA) is 20.2 Å². The maximum absolute atomic E-state index is 10.9. The number of hydrogen-bond donors (Lipinski definition) is 1. The summed E-state index contributed by atoms with van der Waals surface area (Å²) in [5.74, 6) is 0. The van der Waals surface area contributed by atoms with Gasteiger partial charge in [-0.1, -0.05) is 35.9 Å². The van der Waals surface area contributed by atoms with E-state index < -0.39 is 5.60 Å². The van der Waals surface area contributed by atoms with E-state index in [1.54, 1.807) is 0 Å². The zero-order valence-electron chi connectivity index (χ0n) is 10.9. The lowest BCUT2D eigenvalue weighted by molar-refractivity contribution is 0.101. The molecular formula is C16H17IO. The maximum atomic E-state index is 10.9. The van der Waals surface area contributed by atoms with Gasteiger partial charge in [-0.15, -0.1) is 0 Å². The van der Waals surface area contributed by atoms with Crippen molar-refractivity contribution in [2.75, 3.05) is 0 Å². The Labute approximate surface area is 122 Å². The quantitative estimate of drug-likeness (QED) is 0.805. The monoisotopic (exact) mass is 352 g/mol. The lowest BCUT2D eigenvalue weighted by atomic mass is 9.85. The van der Waals surface area contributed by atoms with Crippen LogP contribution in [0.1, 0.15) is 29.2 Å². The van der Waals surface area contributed by atoms with Gasteiger partial charge in [0.1, 0.15) is 5.60 Å². The van der Waals surface area contributed by atoms with E-state index in [0.717, 1.165) is 16.7 Å². The van der Waals surface area contributed by atoms with Gasteiger partial charge >= 0.3 is 0 Å². The van der Waals surface area contributed by atoms with E-state index in [2.05, 4.69) is 40.8 Å². The highest BCUT2D eigenvalue weighted by Crippen LogP contribution is 2.32. The van der Waals surface area contributed by atoms with Crippen molar-refractivity contribution in [2.24, 2.45) is 0 Å². The normalized spacial score (nSPS) is 14.3. The van der Waals surface area contributed by atoms with E-state index in [1.165, 1.54) is 9.13 Å². The Morgan fingerprint density at radius 2 is 1.61 bits per heavy atom. The lowest BCUT2D eigenvalue weighted by Crippen LogP contribution is -2.24. The Kier molecular flexibility index (Phi) is 3.78. The van der Waals surface area contributed by atoms with Gasteiger partial charge in [0.2, 0.25) is 0 Å². The fourth-order valence-electron chi connectivity index (χ4n) is 2.19. The van der Waals surface area contributed by atoms with Gasteiger partial charge in [0.15, 0.2) is 0 Å². The van der Waals surface area contributed by atoms with Crippen LogP contribution in [0.25, 0.3) is 0 Å². The Morgan fingerprint density at radius 1 is 1.00 bits per heavy atom. The molecule has 1 N–H and O–H groups in total. The van der Waals surface area contributed by atoms with Gasteiger partial charge in [0, 0.05) is 3.57 Å². The summed E-state index contributed by atoms with van der Waals surface area (Å²) < 4.78 is 1.17. The second-order valence-electron chi connectivity index (χ2n) is 4.90. The molecular weight excluding hydrogens is 335 g/mol. The number of halogens is 1. The second-order valence-corrected chi connectivity index (χ2v) is 6.14. The Hall–Kier alpha value is -0.870. The minimum Gasteiger partial charge on any atom is -0.381 e. The van der Waals surface area contributed by atoms with Gasteiger partial charge in [0.25, 0.3) is 0 Å². The predicted octanol–water partition coefficient (Wildman–Crippen LogP) is 4.16. The van der Waals surface area contributed by atoms with Crippen molar-refractivity contribution < 1.29 is 5.11 Å². The molecule has 0 saturated heterocycles. The van der Waals surface area contributed by atoms with Crippen LogP contribution < -0.4 is 0 Å². The van der Waals surface area contributed by atoms with Crippen molar-refractivity contribution in [3.8, 4) is 0 Å². The zero-order valence-corrected chi connectivity index (χ0v) is 13.0. The highest BCUT2D eigenvalue weighted by molar-refractivity contribution is 14.1. The van der Waals surface area contributed by atoms with Crippen molar-refractivity contribution >= 4 is 22.6 Å². The van der Waals surface area contributed by atoms with E-state index in [9.17, 15) is 5.11 Å². The number of aliphatic hydroxyl groups is 1. The van der Waals surface area contributed by atoms with Crippen molar-refractivity contribution in [1.29, 1.82) is 0 Å². The summed E-state index contributed by atoms with van der Waals surface area (Å²) in [5, 5.41) is 10.9. The molecule has 0 heterocycles. The Balaban J connectivity index is 2.53. The summed E-state index contributed by atoms with van der Waals surface area (Å²) in [4.78, 5) is 0. The summed E-state index contributed by atoms with van der Waals surface area (Å²) in [6.45, 7) is 5.94. The lowest BCUT2D eigenvalue weighted by Gasteiger charge is -2.27. The fraction of sp³-hybridized carbons (Fsp3) is 0.250. The molecule has 94 valence electrons. The Bertz CT molecular complexity index is 556. The standard InChI is InChI=1S/C16H17IO/c1-11-4-5-12(2)15(10-11)16(3,18)13-6-8-14(17)9-7-13/h4-10,18H,1-3H3. The molecule has 0 spiro atoms. The molecule has 1 unspecified atom stereocenters. The summed E-state index contributed by atoms with van der Waals surface area (Å²) in [6.07, 6.45) is 0. The van der Waals surface area contributed by atoms with Crippen LogP contribution in [0, 0.1) is 17.4 Å². The highest BCUT2D eigenvalue weighted by Gasteiger charge is 2.27. The first-order valence-corrected chi connectivity index (χ1v) is 7.05. The first kappa shape index (κ1) is 13.6. The van der Waals surface area contributed by atoms with Crippen LogP contribution in [0.5, 0.6) is 0 Å². The van der Waals surface area contributed by atoms with Gasteiger partial charge < -0.3 is 5.11 Å². The van der Waals surface area contributed by atoms with Crippen molar-refractivity contribution in [3.05, 3.63) is 68.3 Å². The molecule has 0 bridgehead atoms. The van der Waals surface area contributed by atoms with Crippen molar-refractivity contribution in [1.82, 2.24) is 0 Å². The van der Waals surface area contributed by atoms with Crippen LogP contribution in [-0.2, 0) is 5.60 Å². The minimum absolute atomic E-state index is 0.927. The smallest absolute Gasteiger partial charge is 0.112 e. The third kappa shape index (κ3) is 2.59. The van der Waals surface area contributed by atoms with Gasteiger partial charge in [-0.05, 0) is 72.2 Å². The molecule has 2 aromatic carbocycles. The van der Waals surface area contributed by atoms with Crippen LogP contribution >= 0.6 is 22.6 Å². The number of rotatable bonds is 2. The molecule has 0 radical (unpaired) electrons. The molecule has 0 aliphatic heterocycles. The molecule has 2 rings (SSSR count). The number of benzene rings is 2. The first-order valence-electron chi connectivity index (χ1n) is 5.97. The van der Waals surface area contributed by atoms with Crippen LogP contribution in [0.2, 0.25) is 0 Å². The van der Waals surface area contributed by atoms with Gasteiger partial charge in [0.05, 0.1) is 0 Å². The Morgan fingerprint density at radius 3 is 2.22 bits per heavy atom. The first-order chi connectivity index (χ1) is 8.41. The summed E-state index contributed by atoms with van der Waals surface area (Å²) >= 11 is 2.27. The number of aryl methyl sites for hydroxylation is 2. The van der Waals surface area contributed by atoms with Crippen LogP contribution in [0.3, 0.4) is 0 Å². The van der Waals surface area contributed by atoms with Crippen LogP contribution in [0.4, 0.5) is 0 Å². The summed E-state index contributed by atoms with van der Waals surface area (Å²) in [5.41, 5.74) is 3.24. The van der Waals surface area contributed by atoms with Crippen LogP contribution in [0.15, 0.2) is 42.5 Å². The van der Waals surface area contributed by atoms with E-state index >= 15 is 0 Å². The van der Waals surface area contributed by atoms with E-state index in [1.807, 2.05) is 45.0 Å². The average molecular weight is 352 g/mol. The maximum Gasteiger partial charge on any atom is 0.112 e. The molecule has 0 saturated carbocycles. The van der Waals surface area contributed by atoms with Gasteiger partial charge in [-0.2, -0.15) is 0 Å². The van der Waals surface area contributed by atoms with Gasteiger partial charge in [-0.3, -0.25) is 0 Å². The molecule has 1 atom stereocenters. The van der Waals surface area contributed by atoms with Gasteiger partial charge in [-0.25, -0.2) is 0 Å². The third-order valence-electron chi connectivity index (χ3n) is 3.32. The van der Waals surface area contributed by atoms with E-state index in [-0.39, 0.29) is 0 Å². The SMILES string of the molecule is Cc1ccc(C)c(C(C)(O)c2ccc(I)cc2)c1. The summed E-state index contributed by atoms with van der Waals surface area (Å²) in [7, 11) is 0. The molecule has 0 fully saturated rings. The molecule has 0 aliphatic rings. The molecule has 0 aromatic heterocycles. The van der Waals surface area contributed by atoms with E-state index in [4.69, 9.17) is 0 Å². The third-order valence-corrected chi connectivity index (χ3v) is 4.04. The number of hydrogen-bond acceptors (Lipinski definition) is 1. The summed E-state index contributed by atoms with van der Waals surface area (Å²) in [6, 6.07) is 14.2. The molecule has 0 amide bonds. The predicted molar refractivity (Wildman–Crippen MR) is 83.7 cm³/mol.